The number of pyridine rings is 1. The number of aromatic nitrogens is 3. The van der Waals surface area contributed by atoms with Gasteiger partial charge in [0, 0.05) is 12.7 Å². The van der Waals surface area contributed by atoms with Gasteiger partial charge in [0.1, 0.15) is 11.3 Å². The molecule has 1 atom stereocenters. The molecule has 1 saturated carbocycles. The molecule has 3 nitrogen and oxygen atoms in total. The van der Waals surface area contributed by atoms with Gasteiger partial charge in [-0.05, 0) is 31.4 Å². The number of alkyl halides is 1. The monoisotopic (exact) mass is 263 g/mol. The number of nitrogens with zero attached hydrogens (tertiary/aromatic N) is 3. The quantitative estimate of drug-likeness (QED) is 0.783. The van der Waals surface area contributed by atoms with E-state index in [4.69, 9.17) is 11.6 Å². The molecule has 18 heavy (non-hydrogen) atoms. The molecule has 1 aliphatic rings. The molecule has 0 radical (unpaired) electrons. The van der Waals surface area contributed by atoms with Crippen molar-refractivity contribution in [3.05, 3.63) is 24.2 Å². The molecule has 4 heteroatoms. The Morgan fingerprint density at radius 2 is 2.33 bits per heavy atom. The zero-order chi connectivity index (χ0) is 12.5. The van der Waals surface area contributed by atoms with E-state index in [0.717, 1.165) is 29.5 Å². The Kier molecular flexibility index (Phi) is 3.25. The third-order valence-electron chi connectivity index (χ3n) is 3.87. The van der Waals surface area contributed by atoms with Crippen molar-refractivity contribution in [3.8, 4) is 0 Å². The van der Waals surface area contributed by atoms with Crippen LogP contribution < -0.4 is 0 Å². The van der Waals surface area contributed by atoms with Gasteiger partial charge in [-0.15, -0.1) is 11.6 Å². The summed E-state index contributed by atoms with van der Waals surface area (Å²) in [5.74, 6) is 1.84. The fourth-order valence-electron chi connectivity index (χ4n) is 2.59. The third kappa shape index (κ3) is 2.12. The Morgan fingerprint density at radius 1 is 1.50 bits per heavy atom. The number of hydrogen-bond donors (Lipinski definition) is 0. The molecule has 0 saturated heterocycles. The topological polar surface area (TPSA) is 30.7 Å². The normalized spacial score (nSPS) is 17.9. The molecule has 2 heterocycles. The van der Waals surface area contributed by atoms with Gasteiger partial charge in [-0.3, -0.25) is 0 Å². The van der Waals surface area contributed by atoms with Crippen molar-refractivity contribution < 1.29 is 0 Å². The second kappa shape index (κ2) is 4.88. The van der Waals surface area contributed by atoms with Crippen molar-refractivity contribution in [2.45, 2.75) is 44.5 Å². The average molecular weight is 264 g/mol. The van der Waals surface area contributed by atoms with Gasteiger partial charge in [-0.1, -0.05) is 19.3 Å². The first-order chi connectivity index (χ1) is 8.75. The molecular weight excluding hydrogens is 246 g/mol. The van der Waals surface area contributed by atoms with Crippen LogP contribution in [0.2, 0.25) is 0 Å². The number of hydrogen-bond acceptors (Lipinski definition) is 2. The molecule has 1 unspecified atom stereocenters. The van der Waals surface area contributed by atoms with Crippen molar-refractivity contribution in [2.75, 3.05) is 0 Å². The highest BCUT2D eigenvalue weighted by molar-refractivity contribution is 6.20. The summed E-state index contributed by atoms with van der Waals surface area (Å²) >= 11 is 6.23. The maximum Gasteiger partial charge on any atom is 0.160 e. The van der Waals surface area contributed by atoms with Crippen LogP contribution in [-0.4, -0.2) is 14.5 Å². The van der Waals surface area contributed by atoms with Crippen LogP contribution in [0.3, 0.4) is 0 Å². The first-order valence-corrected chi connectivity index (χ1v) is 7.14. The highest BCUT2D eigenvalue weighted by atomic mass is 35.5. The Morgan fingerprint density at radius 3 is 3.00 bits per heavy atom. The van der Waals surface area contributed by atoms with E-state index in [1.807, 2.05) is 25.3 Å². The van der Waals surface area contributed by atoms with Crippen LogP contribution in [0, 0.1) is 5.92 Å². The molecule has 0 aliphatic heterocycles. The van der Waals surface area contributed by atoms with Crippen LogP contribution in [-0.2, 0) is 6.54 Å². The van der Waals surface area contributed by atoms with Gasteiger partial charge >= 0.3 is 0 Å². The standard InChI is InChI=1S/C14H18ClN3/c1-10(15)13-17-12-6-3-8-16-14(12)18(13)9-7-11-4-2-5-11/h3,6,8,10-11H,2,4-5,7,9H2,1H3. The average Bonchev–Trinajstić information content (AvgIpc) is 2.66. The highest BCUT2D eigenvalue weighted by Crippen LogP contribution is 2.31. The van der Waals surface area contributed by atoms with Gasteiger partial charge in [0.15, 0.2) is 5.65 Å². The molecule has 2 aromatic heterocycles. The number of rotatable bonds is 4. The van der Waals surface area contributed by atoms with Crippen LogP contribution in [0.5, 0.6) is 0 Å². The number of halogens is 1. The predicted molar refractivity (Wildman–Crippen MR) is 73.8 cm³/mol. The summed E-state index contributed by atoms with van der Waals surface area (Å²) in [6.07, 6.45) is 7.20. The molecular formula is C14H18ClN3. The fourth-order valence-corrected chi connectivity index (χ4v) is 2.76. The summed E-state index contributed by atoms with van der Waals surface area (Å²) in [7, 11) is 0. The predicted octanol–water partition coefficient (Wildman–Crippen LogP) is 3.92. The van der Waals surface area contributed by atoms with E-state index >= 15 is 0 Å². The summed E-state index contributed by atoms with van der Waals surface area (Å²) < 4.78 is 2.20. The third-order valence-corrected chi connectivity index (χ3v) is 4.07. The van der Waals surface area contributed by atoms with Crippen molar-refractivity contribution in [3.63, 3.8) is 0 Å². The molecule has 0 spiro atoms. The maximum absolute atomic E-state index is 6.23. The van der Waals surface area contributed by atoms with E-state index in [9.17, 15) is 0 Å². The van der Waals surface area contributed by atoms with Gasteiger partial charge in [0.05, 0.1) is 5.38 Å². The molecule has 1 aliphatic carbocycles. The maximum atomic E-state index is 6.23. The molecule has 3 rings (SSSR count). The number of aryl methyl sites for hydroxylation is 1. The zero-order valence-corrected chi connectivity index (χ0v) is 11.4. The Labute approximate surface area is 112 Å². The van der Waals surface area contributed by atoms with E-state index in [-0.39, 0.29) is 5.38 Å². The van der Waals surface area contributed by atoms with E-state index in [2.05, 4.69) is 14.5 Å². The minimum atomic E-state index is -0.0689. The first kappa shape index (κ1) is 12.0. The summed E-state index contributed by atoms with van der Waals surface area (Å²) in [5.41, 5.74) is 1.92. The van der Waals surface area contributed by atoms with E-state index in [1.54, 1.807) is 0 Å². The minimum absolute atomic E-state index is 0.0689. The van der Waals surface area contributed by atoms with Crippen LogP contribution in [0.4, 0.5) is 0 Å². The summed E-state index contributed by atoms with van der Waals surface area (Å²) in [6, 6.07) is 3.93. The van der Waals surface area contributed by atoms with Crippen molar-refractivity contribution >= 4 is 22.8 Å². The SMILES string of the molecule is CC(Cl)c1nc2cccnc2n1CCC1CCC1. The molecule has 96 valence electrons. The Bertz CT molecular complexity index is 543. The minimum Gasteiger partial charge on any atom is -0.311 e. The second-order valence-corrected chi connectivity index (χ2v) is 5.82. The Hall–Kier alpha value is -1.09. The van der Waals surface area contributed by atoms with Gasteiger partial charge in [-0.2, -0.15) is 0 Å². The molecule has 0 N–H and O–H groups in total. The fraction of sp³-hybridized carbons (Fsp3) is 0.571. The first-order valence-electron chi connectivity index (χ1n) is 6.71. The smallest absolute Gasteiger partial charge is 0.160 e. The van der Waals surface area contributed by atoms with Crippen molar-refractivity contribution in [1.82, 2.24) is 14.5 Å². The van der Waals surface area contributed by atoms with E-state index < -0.39 is 0 Å². The van der Waals surface area contributed by atoms with E-state index in [1.165, 1.54) is 25.7 Å². The Balaban J connectivity index is 1.92. The summed E-state index contributed by atoms with van der Waals surface area (Å²) in [4.78, 5) is 9.05. The van der Waals surface area contributed by atoms with Crippen molar-refractivity contribution in [2.24, 2.45) is 5.92 Å². The van der Waals surface area contributed by atoms with Crippen LogP contribution in [0.1, 0.15) is 43.8 Å². The van der Waals surface area contributed by atoms with Crippen LogP contribution >= 0.6 is 11.6 Å². The molecule has 0 aromatic carbocycles. The van der Waals surface area contributed by atoms with Gasteiger partial charge < -0.3 is 4.57 Å². The lowest BCUT2D eigenvalue weighted by Crippen LogP contribution is -2.15. The van der Waals surface area contributed by atoms with Gasteiger partial charge in [0.25, 0.3) is 0 Å². The van der Waals surface area contributed by atoms with Crippen molar-refractivity contribution in [1.29, 1.82) is 0 Å². The summed E-state index contributed by atoms with van der Waals surface area (Å²) in [5, 5.41) is -0.0689. The lowest BCUT2D eigenvalue weighted by atomic mass is 9.83. The lowest BCUT2D eigenvalue weighted by molar-refractivity contribution is 0.282. The summed E-state index contributed by atoms with van der Waals surface area (Å²) in [6.45, 7) is 2.97. The molecule has 0 amide bonds. The van der Waals surface area contributed by atoms with Crippen LogP contribution in [0.15, 0.2) is 18.3 Å². The largest absolute Gasteiger partial charge is 0.311 e. The number of imidazole rings is 1. The van der Waals surface area contributed by atoms with E-state index in [0.29, 0.717) is 0 Å². The lowest BCUT2D eigenvalue weighted by Gasteiger charge is -2.25. The zero-order valence-electron chi connectivity index (χ0n) is 10.6. The van der Waals surface area contributed by atoms with Crippen LogP contribution in [0.25, 0.3) is 11.2 Å². The number of fused-ring (bicyclic) bond motifs is 1. The van der Waals surface area contributed by atoms with Gasteiger partial charge in [-0.25, -0.2) is 9.97 Å². The molecule has 1 fully saturated rings. The van der Waals surface area contributed by atoms with Gasteiger partial charge in [0.2, 0.25) is 0 Å². The molecule has 0 bridgehead atoms. The molecule has 2 aromatic rings. The second-order valence-electron chi connectivity index (χ2n) is 5.17. The highest BCUT2D eigenvalue weighted by Gasteiger charge is 2.20.